The molecule has 0 saturated carbocycles. The summed E-state index contributed by atoms with van der Waals surface area (Å²) in [6, 6.07) is 0. The Hall–Kier alpha value is -1.23. The second-order valence-corrected chi connectivity index (χ2v) is 4.09. The summed E-state index contributed by atoms with van der Waals surface area (Å²) in [7, 11) is 0. The third-order valence-corrected chi connectivity index (χ3v) is 3.11. The molecule has 5 heteroatoms. The van der Waals surface area contributed by atoms with E-state index >= 15 is 0 Å². The maximum atomic E-state index is 11.1. The van der Waals surface area contributed by atoms with Crippen molar-refractivity contribution in [2.45, 2.75) is 19.8 Å². The van der Waals surface area contributed by atoms with Gasteiger partial charge in [0.1, 0.15) is 16.2 Å². The molecule has 0 bridgehead atoms. The van der Waals surface area contributed by atoms with Gasteiger partial charge in [-0.25, -0.2) is 4.98 Å². The average molecular weight is 223 g/mol. The normalized spacial score (nSPS) is 16.9. The Kier molecular flexibility index (Phi) is 2.81. The molecule has 0 amide bonds. The van der Waals surface area contributed by atoms with Crippen LogP contribution in [0.4, 0.5) is 5.82 Å². The molecule has 0 atom stereocenters. The van der Waals surface area contributed by atoms with E-state index in [1.54, 1.807) is 6.33 Å². The zero-order valence-corrected chi connectivity index (χ0v) is 9.43. The van der Waals surface area contributed by atoms with Crippen LogP contribution in [0, 0.1) is 11.6 Å². The first kappa shape index (κ1) is 10.3. The molecule has 1 fully saturated rings. The first-order chi connectivity index (χ1) is 7.18. The third kappa shape index (κ3) is 2.07. The molecule has 1 saturated heterocycles. The lowest BCUT2D eigenvalue weighted by molar-refractivity contribution is -0.119. The minimum atomic E-state index is 0.344. The number of carbonyl (C=O) groups excluding carboxylic acids is 1. The van der Waals surface area contributed by atoms with Crippen LogP contribution in [-0.2, 0) is 4.79 Å². The van der Waals surface area contributed by atoms with Gasteiger partial charge >= 0.3 is 0 Å². The Morgan fingerprint density at radius 1 is 1.47 bits per heavy atom. The highest BCUT2D eigenvalue weighted by Crippen LogP contribution is 2.19. The summed E-state index contributed by atoms with van der Waals surface area (Å²) in [5.41, 5.74) is 0.988. The summed E-state index contributed by atoms with van der Waals surface area (Å²) in [6.07, 6.45) is 2.87. The molecule has 80 valence electrons. The van der Waals surface area contributed by atoms with Crippen LogP contribution >= 0.6 is 12.2 Å². The number of anilines is 1. The van der Waals surface area contributed by atoms with E-state index in [4.69, 9.17) is 12.2 Å². The van der Waals surface area contributed by atoms with E-state index < -0.39 is 0 Å². The zero-order chi connectivity index (χ0) is 10.8. The van der Waals surface area contributed by atoms with Gasteiger partial charge in [-0.15, -0.1) is 0 Å². The van der Waals surface area contributed by atoms with E-state index in [9.17, 15) is 4.79 Å². The Labute approximate surface area is 93.3 Å². The number of aromatic amines is 1. The van der Waals surface area contributed by atoms with Gasteiger partial charge in [0.2, 0.25) is 0 Å². The van der Waals surface area contributed by atoms with Crippen LogP contribution in [0.5, 0.6) is 0 Å². The Bertz CT molecular complexity index is 431. The zero-order valence-electron chi connectivity index (χ0n) is 8.62. The highest BCUT2D eigenvalue weighted by atomic mass is 32.1. The van der Waals surface area contributed by atoms with E-state index in [1.807, 2.05) is 6.92 Å². The van der Waals surface area contributed by atoms with Gasteiger partial charge in [-0.05, 0) is 6.92 Å². The standard InChI is InChI=1S/C10H13N3OS/c1-7-9(11-6-12-10(7)15)13-4-2-8(14)3-5-13/h6H,2-5H2,1H3,(H,11,12,15). The predicted molar refractivity (Wildman–Crippen MR) is 60.6 cm³/mol. The lowest BCUT2D eigenvalue weighted by atomic mass is 10.1. The molecule has 0 aromatic carbocycles. The Morgan fingerprint density at radius 3 is 2.80 bits per heavy atom. The van der Waals surface area contributed by atoms with Gasteiger partial charge in [-0.1, -0.05) is 12.2 Å². The minimum Gasteiger partial charge on any atom is -0.357 e. The number of hydrogen-bond acceptors (Lipinski definition) is 4. The average Bonchev–Trinajstić information content (AvgIpc) is 2.24. The van der Waals surface area contributed by atoms with Crippen LogP contribution in [0.3, 0.4) is 0 Å². The molecule has 4 nitrogen and oxygen atoms in total. The van der Waals surface area contributed by atoms with Gasteiger partial charge in [0, 0.05) is 31.5 Å². The number of ketones is 1. The van der Waals surface area contributed by atoms with Crippen molar-refractivity contribution in [2.24, 2.45) is 0 Å². The van der Waals surface area contributed by atoms with Crippen LogP contribution in [0.1, 0.15) is 18.4 Å². The fourth-order valence-corrected chi connectivity index (χ4v) is 1.92. The molecule has 1 aromatic rings. The second kappa shape index (κ2) is 4.10. The molecule has 2 heterocycles. The predicted octanol–water partition coefficient (Wildman–Crippen LogP) is 1.62. The molecular formula is C10H13N3OS. The summed E-state index contributed by atoms with van der Waals surface area (Å²) in [6.45, 7) is 3.50. The van der Waals surface area contributed by atoms with Crippen molar-refractivity contribution in [1.82, 2.24) is 9.97 Å². The van der Waals surface area contributed by atoms with E-state index in [0.717, 1.165) is 24.5 Å². The SMILES string of the molecule is Cc1c(N2CCC(=O)CC2)[nH]cnc1=S. The van der Waals surface area contributed by atoms with Crippen molar-refractivity contribution < 1.29 is 4.79 Å². The number of Topliss-reactive ketones (excluding diaryl/α,β-unsaturated/α-hetero) is 1. The highest BCUT2D eigenvalue weighted by molar-refractivity contribution is 7.71. The number of H-pyrrole nitrogens is 1. The molecule has 15 heavy (non-hydrogen) atoms. The number of hydrogen-bond donors (Lipinski definition) is 1. The molecule has 0 aliphatic carbocycles. The van der Waals surface area contributed by atoms with Crippen molar-refractivity contribution in [3.8, 4) is 0 Å². The fraction of sp³-hybridized carbons (Fsp3) is 0.500. The lowest BCUT2D eigenvalue weighted by Crippen LogP contribution is -2.34. The molecule has 1 aromatic heterocycles. The summed E-state index contributed by atoms with van der Waals surface area (Å²) >= 11 is 5.11. The van der Waals surface area contributed by atoms with E-state index in [1.165, 1.54) is 0 Å². The first-order valence-electron chi connectivity index (χ1n) is 4.99. The van der Waals surface area contributed by atoms with E-state index in [2.05, 4.69) is 14.9 Å². The maximum absolute atomic E-state index is 11.1. The highest BCUT2D eigenvalue weighted by Gasteiger charge is 2.18. The number of nitrogens with one attached hydrogen (secondary N) is 1. The van der Waals surface area contributed by atoms with Crippen LogP contribution < -0.4 is 4.90 Å². The number of aromatic nitrogens is 2. The molecule has 1 N–H and O–H groups in total. The van der Waals surface area contributed by atoms with Crippen molar-refractivity contribution >= 4 is 23.8 Å². The van der Waals surface area contributed by atoms with Crippen molar-refractivity contribution in [1.29, 1.82) is 0 Å². The van der Waals surface area contributed by atoms with Crippen LogP contribution in [0.2, 0.25) is 0 Å². The van der Waals surface area contributed by atoms with Gasteiger partial charge in [0.15, 0.2) is 0 Å². The summed E-state index contributed by atoms with van der Waals surface area (Å²) in [4.78, 5) is 20.4. The first-order valence-corrected chi connectivity index (χ1v) is 5.40. The molecule has 2 rings (SSSR count). The molecule has 1 aliphatic rings. The maximum Gasteiger partial charge on any atom is 0.136 e. The lowest BCUT2D eigenvalue weighted by Gasteiger charge is -2.28. The van der Waals surface area contributed by atoms with Crippen molar-refractivity contribution in [3.05, 3.63) is 16.5 Å². The van der Waals surface area contributed by atoms with Crippen molar-refractivity contribution in [3.63, 3.8) is 0 Å². The smallest absolute Gasteiger partial charge is 0.136 e. The summed E-state index contributed by atoms with van der Waals surface area (Å²) in [5.74, 6) is 1.35. The van der Waals surface area contributed by atoms with Crippen LogP contribution in [-0.4, -0.2) is 28.8 Å². The number of rotatable bonds is 1. The van der Waals surface area contributed by atoms with Crippen molar-refractivity contribution in [2.75, 3.05) is 18.0 Å². The number of nitrogens with zero attached hydrogens (tertiary/aromatic N) is 2. The fourth-order valence-electron chi connectivity index (χ4n) is 1.77. The van der Waals surface area contributed by atoms with Crippen LogP contribution in [0.25, 0.3) is 0 Å². The molecule has 0 radical (unpaired) electrons. The quantitative estimate of drug-likeness (QED) is 0.735. The summed E-state index contributed by atoms with van der Waals surface area (Å²) in [5, 5.41) is 0. The third-order valence-electron chi connectivity index (χ3n) is 2.70. The van der Waals surface area contributed by atoms with Gasteiger partial charge in [0.25, 0.3) is 0 Å². The van der Waals surface area contributed by atoms with Gasteiger partial charge < -0.3 is 9.88 Å². The molecule has 0 spiro atoms. The molecule has 0 unspecified atom stereocenters. The van der Waals surface area contributed by atoms with Gasteiger partial charge in [0.05, 0.1) is 6.33 Å². The summed E-state index contributed by atoms with van der Waals surface area (Å²) < 4.78 is 0.626. The second-order valence-electron chi connectivity index (χ2n) is 3.71. The molecule has 1 aliphatic heterocycles. The Balaban J connectivity index is 2.26. The monoisotopic (exact) mass is 223 g/mol. The molecular weight excluding hydrogens is 210 g/mol. The number of carbonyl (C=O) groups is 1. The number of piperidine rings is 1. The van der Waals surface area contributed by atoms with Crippen LogP contribution in [0.15, 0.2) is 6.33 Å². The van der Waals surface area contributed by atoms with E-state index in [-0.39, 0.29) is 0 Å². The minimum absolute atomic E-state index is 0.344. The largest absolute Gasteiger partial charge is 0.357 e. The Morgan fingerprint density at radius 2 is 2.13 bits per heavy atom. The van der Waals surface area contributed by atoms with Gasteiger partial charge in [-0.3, -0.25) is 4.79 Å². The van der Waals surface area contributed by atoms with E-state index in [0.29, 0.717) is 23.3 Å². The van der Waals surface area contributed by atoms with Gasteiger partial charge in [-0.2, -0.15) is 0 Å². The topological polar surface area (TPSA) is 49.0 Å².